The van der Waals surface area contributed by atoms with Crippen molar-refractivity contribution in [2.45, 2.75) is 47.1 Å². The maximum Gasteiger partial charge on any atom is 0.318 e. The minimum Gasteiger partial charge on any atom is -0.338 e. The number of nitrogens with zero attached hydrogens (tertiary/aromatic N) is 1. The fourth-order valence-corrected chi connectivity index (χ4v) is 2.26. The van der Waals surface area contributed by atoms with E-state index in [-0.39, 0.29) is 29.2 Å². The zero-order valence-electron chi connectivity index (χ0n) is 11.5. The second kappa shape index (κ2) is 5.07. The summed E-state index contributed by atoms with van der Waals surface area (Å²) in [5.41, 5.74) is -0.226. The minimum absolute atomic E-state index is 0.0473. The molecule has 4 nitrogen and oxygen atoms in total. The number of amides is 2. The standard InChI is InChI=1S/C13H24N2O2/c1-9(2)10(16)11(13(3,4)5)15-8-6-7-14-12(15)17/h9,11H,6-8H2,1-5H3,(H,14,17). The Morgan fingerprint density at radius 2 is 1.94 bits per heavy atom. The molecule has 1 saturated heterocycles. The van der Waals surface area contributed by atoms with Crippen molar-refractivity contribution >= 4 is 11.8 Å². The minimum atomic E-state index is -0.331. The molecule has 4 heteroatoms. The van der Waals surface area contributed by atoms with E-state index in [1.165, 1.54) is 0 Å². The Morgan fingerprint density at radius 3 is 2.35 bits per heavy atom. The van der Waals surface area contributed by atoms with Gasteiger partial charge in [-0.25, -0.2) is 4.79 Å². The van der Waals surface area contributed by atoms with Crippen LogP contribution in [0, 0.1) is 11.3 Å². The van der Waals surface area contributed by atoms with Crippen LogP contribution in [-0.2, 0) is 4.79 Å². The van der Waals surface area contributed by atoms with Crippen LogP contribution in [0.1, 0.15) is 41.0 Å². The zero-order valence-corrected chi connectivity index (χ0v) is 11.5. The molecule has 0 aromatic rings. The van der Waals surface area contributed by atoms with Crippen molar-refractivity contribution in [3.05, 3.63) is 0 Å². The summed E-state index contributed by atoms with van der Waals surface area (Å²) in [4.78, 5) is 25.9. The molecule has 17 heavy (non-hydrogen) atoms. The molecule has 98 valence electrons. The first-order valence-corrected chi connectivity index (χ1v) is 6.33. The number of hydrogen-bond acceptors (Lipinski definition) is 2. The van der Waals surface area contributed by atoms with Gasteiger partial charge in [0.1, 0.15) is 0 Å². The molecule has 0 saturated carbocycles. The molecule has 1 N–H and O–H groups in total. The average molecular weight is 240 g/mol. The SMILES string of the molecule is CC(C)C(=O)C(N1CCCNC1=O)C(C)(C)C. The Kier molecular flexibility index (Phi) is 4.17. The molecule has 1 heterocycles. The second-order valence-corrected chi connectivity index (χ2v) is 6.10. The highest BCUT2D eigenvalue weighted by Gasteiger charge is 2.40. The summed E-state index contributed by atoms with van der Waals surface area (Å²) >= 11 is 0. The van der Waals surface area contributed by atoms with Crippen LogP contribution in [0.5, 0.6) is 0 Å². The van der Waals surface area contributed by atoms with Crippen LogP contribution in [0.2, 0.25) is 0 Å². The van der Waals surface area contributed by atoms with Crippen LogP contribution < -0.4 is 5.32 Å². The van der Waals surface area contributed by atoms with Gasteiger partial charge in [0.05, 0.1) is 6.04 Å². The van der Waals surface area contributed by atoms with Gasteiger partial charge in [-0.15, -0.1) is 0 Å². The van der Waals surface area contributed by atoms with Gasteiger partial charge in [0.15, 0.2) is 5.78 Å². The monoisotopic (exact) mass is 240 g/mol. The van der Waals surface area contributed by atoms with Gasteiger partial charge in [-0.2, -0.15) is 0 Å². The van der Waals surface area contributed by atoms with Gasteiger partial charge >= 0.3 is 6.03 Å². The number of rotatable bonds is 3. The third-order valence-corrected chi connectivity index (χ3v) is 3.08. The van der Waals surface area contributed by atoms with E-state index >= 15 is 0 Å². The molecule has 1 atom stereocenters. The molecule has 0 spiro atoms. The normalized spacial score (nSPS) is 19.2. The number of hydrogen-bond donors (Lipinski definition) is 1. The quantitative estimate of drug-likeness (QED) is 0.820. The van der Waals surface area contributed by atoms with Gasteiger partial charge in [-0.3, -0.25) is 4.79 Å². The first kappa shape index (κ1) is 14.0. The highest BCUT2D eigenvalue weighted by atomic mass is 16.2. The van der Waals surface area contributed by atoms with Crippen molar-refractivity contribution in [1.82, 2.24) is 10.2 Å². The summed E-state index contributed by atoms with van der Waals surface area (Å²) in [6.07, 6.45) is 0.906. The first-order chi connectivity index (χ1) is 7.75. The maximum atomic E-state index is 12.3. The summed E-state index contributed by atoms with van der Waals surface area (Å²) in [5, 5.41) is 2.81. The molecule has 1 fully saturated rings. The molecule has 0 aliphatic carbocycles. The van der Waals surface area contributed by atoms with Crippen molar-refractivity contribution in [3.8, 4) is 0 Å². The number of urea groups is 1. The highest BCUT2D eigenvalue weighted by molar-refractivity contribution is 5.90. The van der Waals surface area contributed by atoms with Gasteiger partial charge < -0.3 is 10.2 Å². The van der Waals surface area contributed by atoms with E-state index in [9.17, 15) is 9.59 Å². The van der Waals surface area contributed by atoms with E-state index < -0.39 is 0 Å². The average Bonchev–Trinajstić information content (AvgIpc) is 2.19. The topological polar surface area (TPSA) is 49.4 Å². The number of Topliss-reactive ketones (excluding diaryl/α,β-unsaturated/α-hetero) is 1. The van der Waals surface area contributed by atoms with E-state index in [1.54, 1.807) is 4.90 Å². The molecule has 0 aromatic carbocycles. The van der Waals surface area contributed by atoms with Crippen molar-refractivity contribution < 1.29 is 9.59 Å². The number of ketones is 1. The lowest BCUT2D eigenvalue weighted by Gasteiger charge is -2.41. The first-order valence-electron chi connectivity index (χ1n) is 6.33. The van der Waals surface area contributed by atoms with Crippen LogP contribution in [0.25, 0.3) is 0 Å². The fourth-order valence-electron chi connectivity index (χ4n) is 2.26. The van der Waals surface area contributed by atoms with Crippen LogP contribution in [-0.4, -0.2) is 35.8 Å². The zero-order chi connectivity index (χ0) is 13.2. The number of nitrogens with one attached hydrogen (secondary N) is 1. The van der Waals surface area contributed by atoms with Gasteiger partial charge in [-0.05, 0) is 11.8 Å². The molecular formula is C13H24N2O2. The summed E-state index contributed by atoms with van der Waals surface area (Å²) in [6.45, 7) is 11.2. The van der Waals surface area contributed by atoms with Gasteiger partial charge in [0, 0.05) is 19.0 Å². The molecule has 0 bridgehead atoms. The smallest absolute Gasteiger partial charge is 0.318 e. The van der Waals surface area contributed by atoms with E-state index in [0.717, 1.165) is 6.42 Å². The largest absolute Gasteiger partial charge is 0.338 e. The summed E-state index contributed by atoms with van der Waals surface area (Å²) in [6, 6.07) is -0.437. The molecule has 1 aliphatic rings. The molecule has 1 aliphatic heterocycles. The summed E-state index contributed by atoms with van der Waals surface area (Å²) in [5.74, 6) is 0.100. The maximum absolute atomic E-state index is 12.3. The van der Waals surface area contributed by atoms with Crippen LogP contribution in [0.3, 0.4) is 0 Å². The Hall–Kier alpha value is -1.06. The van der Waals surface area contributed by atoms with E-state index in [2.05, 4.69) is 5.32 Å². The Balaban J connectivity index is 2.97. The molecule has 0 aromatic heterocycles. The third kappa shape index (κ3) is 3.20. The van der Waals surface area contributed by atoms with Crippen LogP contribution in [0.4, 0.5) is 4.79 Å². The lowest BCUT2D eigenvalue weighted by atomic mass is 9.80. The van der Waals surface area contributed by atoms with E-state index in [1.807, 2.05) is 34.6 Å². The lowest BCUT2D eigenvalue weighted by Crippen LogP contribution is -2.58. The third-order valence-electron chi connectivity index (χ3n) is 3.08. The van der Waals surface area contributed by atoms with Gasteiger partial charge in [0.25, 0.3) is 0 Å². The predicted octanol–water partition coefficient (Wildman–Crippen LogP) is 2.04. The van der Waals surface area contributed by atoms with Crippen LogP contribution >= 0.6 is 0 Å². The van der Waals surface area contributed by atoms with Gasteiger partial charge in [-0.1, -0.05) is 34.6 Å². The van der Waals surface area contributed by atoms with Gasteiger partial charge in [0.2, 0.25) is 0 Å². The summed E-state index contributed by atoms with van der Waals surface area (Å²) < 4.78 is 0. The Morgan fingerprint density at radius 1 is 1.35 bits per heavy atom. The highest BCUT2D eigenvalue weighted by Crippen LogP contribution is 2.28. The molecule has 1 unspecified atom stereocenters. The summed E-state index contributed by atoms with van der Waals surface area (Å²) in [7, 11) is 0. The van der Waals surface area contributed by atoms with E-state index in [4.69, 9.17) is 0 Å². The fraction of sp³-hybridized carbons (Fsp3) is 0.846. The molecular weight excluding hydrogens is 216 g/mol. The molecule has 2 amide bonds. The Bertz CT molecular complexity index is 305. The van der Waals surface area contributed by atoms with Crippen molar-refractivity contribution in [2.24, 2.45) is 11.3 Å². The van der Waals surface area contributed by atoms with Crippen molar-refractivity contribution in [2.75, 3.05) is 13.1 Å². The Labute approximate surface area is 104 Å². The number of carbonyl (C=O) groups excluding carboxylic acids is 2. The molecule has 0 radical (unpaired) electrons. The van der Waals surface area contributed by atoms with Crippen molar-refractivity contribution in [3.63, 3.8) is 0 Å². The van der Waals surface area contributed by atoms with E-state index in [0.29, 0.717) is 13.1 Å². The molecule has 1 rings (SSSR count). The number of carbonyl (C=O) groups is 2. The second-order valence-electron chi connectivity index (χ2n) is 6.10. The van der Waals surface area contributed by atoms with Crippen molar-refractivity contribution in [1.29, 1.82) is 0 Å². The predicted molar refractivity (Wildman–Crippen MR) is 67.8 cm³/mol. The van der Waals surface area contributed by atoms with Crippen LogP contribution in [0.15, 0.2) is 0 Å². The lowest BCUT2D eigenvalue weighted by molar-refractivity contribution is -0.130.